The molecule has 0 spiro atoms. The summed E-state index contributed by atoms with van der Waals surface area (Å²) in [5, 5.41) is 14.0. The number of fused-ring (bicyclic) bond motifs is 1. The van der Waals surface area contributed by atoms with E-state index >= 15 is 0 Å². The van der Waals surface area contributed by atoms with Crippen LogP contribution in [0.15, 0.2) is 42.5 Å². The monoisotopic (exact) mass is 832 g/mol. The first-order valence-corrected chi connectivity index (χ1v) is 21.4. The lowest BCUT2D eigenvalue weighted by Crippen LogP contribution is -2.54. The zero-order valence-electron chi connectivity index (χ0n) is 34.6. The average molecular weight is 833 g/mol. The highest BCUT2D eigenvalue weighted by Gasteiger charge is 2.45. The van der Waals surface area contributed by atoms with Crippen LogP contribution in [0.3, 0.4) is 0 Å². The molecule has 5 fully saturated rings. The summed E-state index contributed by atoms with van der Waals surface area (Å²) in [6.45, 7) is 8.62. The van der Waals surface area contributed by atoms with Gasteiger partial charge in [-0.05, 0) is 99.3 Å². The molecular weight excluding hydrogens is 781 g/mol. The van der Waals surface area contributed by atoms with E-state index in [2.05, 4.69) is 49.7 Å². The van der Waals surface area contributed by atoms with Gasteiger partial charge in [0.1, 0.15) is 6.04 Å². The quantitative estimate of drug-likeness (QED) is 0.265. The van der Waals surface area contributed by atoms with E-state index in [9.17, 15) is 28.8 Å². The highest BCUT2D eigenvalue weighted by molar-refractivity contribution is 6.23. The Morgan fingerprint density at radius 2 is 1.56 bits per heavy atom. The van der Waals surface area contributed by atoms with E-state index < -0.39 is 35.6 Å². The molecule has 7 heterocycles. The Hall–Kier alpha value is -6.17. The molecule has 6 aliphatic rings. The van der Waals surface area contributed by atoms with Gasteiger partial charge in [-0.2, -0.15) is 4.98 Å². The van der Waals surface area contributed by atoms with Gasteiger partial charge in [-0.15, -0.1) is 10.2 Å². The molecule has 9 rings (SSSR count). The SMILES string of the molecule is CN1CCN(C2CCCN(c3nnc(C(N)=O)c(Nc4ccc(C5(C)CCN(C6CCN(c7ccc8c(c7)C(=O)N(C7CCC(=O)NC7=O)C8=O)CC6)CC5)cc4)n3)C2)C1=O. The molecule has 5 saturated heterocycles. The fourth-order valence-corrected chi connectivity index (χ4v) is 10.0. The summed E-state index contributed by atoms with van der Waals surface area (Å²) in [7, 11) is 1.82. The normalized spacial score (nSPS) is 23.8. The van der Waals surface area contributed by atoms with Crippen molar-refractivity contribution in [2.75, 3.05) is 74.5 Å². The minimum Gasteiger partial charge on any atom is -0.371 e. The Balaban J connectivity index is 0.790. The third-order valence-corrected chi connectivity index (χ3v) is 13.8. The van der Waals surface area contributed by atoms with Crippen molar-refractivity contribution in [2.24, 2.45) is 5.73 Å². The smallest absolute Gasteiger partial charge is 0.320 e. The number of piperidine rings is 4. The Bertz CT molecular complexity index is 2270. The van der Waals surface area contributed by atoms with Crippen molar-refractivity contribution in [2.45, 2.75) is 81.8 Å². The fourth-order valence-electron chi connectivity index (χ4n) is 10.0. The van der Waals surface area contributed by atoms with Crippen molar-refractivity contribution in [1.82, 2.24) is 40.1 Å². The number of rotatable bonds is 9. The van der Waals surface area contributed by atoms with Gasteiger partial charge in [-0.3, -0.25) is 34.2 Å². The van der Waals surface area contributed by atoms with Crippen LogP contribution in [0.4, 0.5) is 27.9 Å². The largest absolute Gasteiger partial charge is 0.371 e. The molecular formula is C43H52N12O6. The Morgan fingerprint density at radius 3 is 2.25 bits per heavy atom. The van der Waals surface area contributed by atoms with Crippen molar-refractivity contribution in [3.8, 4) is 0 Å². The maximum absolute atomic E-state index is 13.4. The molecule has 0 radical (unpaired) electrons. The number of amides is 7. The molecule has 6 aliphatic heterocycles. The maximum atomic E-state index is 13.4. The molecule has 2 unspecified atom stereocenters. The molecule has 0 bridgehead atoms. The van der Waals surface area contributed by atoms with Crippen molar-refractivity contribution < 1.29 is 28.8 Å². The van der Waals surface area contributed by atoms with Gasteiger partial charge in [0.2, 0.25) is 17.8 Å². The van der Waals surface area contributed by atoms with Crippen molar-refractivity contribution in [1.29, 1.82) is 0 Å². The topological polar surface area (TPSA) is 211 Å². The van der Waals surface area contributed by atoms with Crippen LogP contribution in [0.25, 0.3) is 0 Å². The van der Waals surface area contributed by atoms with E-state index in [-0.39, 0.29) is 41.8 Å². The molecule has 1 aromatic heterocycles. The fraction of sp³-hybridized carbons (Fsp3) is 0.512. The van der Waals surface area contributed by atoms with Crippen LogP contribution in [0.5, 0.6) is 0 Å². The van der Waals surface area contributed by atoms with Gasteiger partial charge < -0.3 is 35.6 Å². The summed E-state index contributed by atoms with van der Waals surface area (Å²) >= 11 is 0. The van der Waals surface area contributed by atoms with E-state index in [1.807, 2.05) is 35.0 Å². The first-order valence-electron chi connectivity index (χ1n) is 21.4. The van der Waals surface area contributed by atoms with Crippen LogP contribution < -0.4 is 26.2 Å². The number of nitrogens with one attached hydrogen (secondary N) is 2. The highest BCUT2D eigenvalue weighted by Crippen LogP contribution is 2.38. The van der Waals surface area contributed by atoms with Crippen LogP contribution >= 0.6 is 0 Å². The average Bonchev–Trinajstić information content (AvgIpc) is 3.73. The number of benzene rings is 2. The number of hydrogen-bond acceptors (Lipinski definition) is 13. The molecule has 320 valence electrons. The summed E-state index contributed by atoms with van der Waals surface area (Å²) in [5.41, 5.74) is 9.11. The Morgan fingerprint density at radius 1 is 0.820 bits per heavy atom. The predicted molar refractivity (Wildman–Crippen MR) is 225 cm³/mol. The summed E-state index contributed by atoms with van der Waals surface area (Å²) < 4.78 is 0. The van der Waals surface area contributed by atoms with Gasteiger partial charge in [0.25, 0.3) is 17.7 Å². The standard InChI is InChI=1S/C43H52N12O6/c1-43(26-5-7-27(8-6-26)45-37-35(36(44)57)48-49-41(47-37)53-17-3-4-30(25-53)54-23-22-50(2)42(54)61)15-20-52(21-16-43)28-13-18-51(19-14-28)29-9-10-31-32(24-29)40(60)55(39(31)59)33-11-12-34(56)46-38(33)58/h5-10,24,28,30,33H,3-4,11-23,25H2,1-2H3,(H2,44,57)(H,45,47,49)(H,46,56,58). The van der Waals surface area contributed by atoms with E-state index in [4.69, 9.17) is 10.7 Å². The number of carbonyl (C=O) groups excluding carboxylic acids is 6. The van der Waals surface area contributed by atoms with Crippen molar-refractivity contribution in [3.63, 3.8) is 0 Å². The van der Waals surface area contributed by atoms with Crippen molar-refractivity contribution in [3.05, 3.63) is 64.8 Å². The lowest BCUT2D eigenvalue weighted by Gasteiger charge is -2.45. The van der Waals surface area contributed by atoms with Gasteiger partial charge in [0, 0.05) is 70.2 Å². The Labute approximate surface area is 353 Å². The first-order chi connectivity index (χ1) is 29.4. The number of aromatic nitrogens is 3. The van der Waals surface area contributed by atoms with Gasteiger partial charge >= 0.3 is 6.03 Å². The van der Waals surface area contributed by atoms with E-state index in [0.717, 1.165) is 81.0 Å². The van der Waals surface area contributed by atoms with Gasteiger partial charge in [-0.1, -0.05) is 19.1 Å². The first kappa shape index (κ1) is 40.2. The minimum atomic E-state index is -0.982. The molecule has 18 heteroatoms. The van der Waals surface area contributed by atoms with Crippen LogP contribution in [0.1, 0.15) is 95.1 Å². The maximum Gasteiger partial charge on any atom is 0.320 e. The number of primary amides is 1. The summed E-state index contributed by atoms with van der Waals surface area (Å²) in [5.74, 6) is -2.09. The van der Waals surface area contributed by atoms with E-state index in [1.54, 1.807) is 17.0 Å². The zero-order valence-corrected chi connectivity index (χ0v) is 34.6. The molecule has 18 nitrogen and oxygen atoms in total. The van der Waals surface area contributed by atoms with Gasteiger partial charge in [-0.25, -0.2) is 4.79 Å². The Kier molecular flexibility index (Phi) is 10.6. The second-order valence-electron chi connectivity index (χ2n) is 17.5. The number of carbonyl (C=O) groups is 6. The molecule has 7 amide bonds. The summed E-state index contributed by atoms with van der Waals surface area (Å²) in [4.78, 5) is 92.1. The molecule has 3 aromatic rings. The second-order valence-corrected chi connectivity index (χ2v) is 17.5. The molecule has 2 aromatic carbocycles. The minimum absolute atomic E-state index is 0.00973. The summed E-state index contributed by atoms with van der Waals surface area (Å²) in [6, 6.07) is 13.1. The van der Waals surface area contributed by atoms with Crippen molar-refractivity contribution >= 4 is 58.7 Å². The number of hydrogen-bond donors (Lipinski definition) is 3. The van der Waals surface area contributed by atoms with Gasteiger partial charge in [0.15, 0.2) is 11.5 Å². The molecule has 0 aliphatic carbocycles. The van der Waals surface area contributed by atoms with Crippen LogP contribution in [-0.2, 0) is 15.0 Å². The molecule has 2 atom stereocenters. The molecule has 4 N–H and O–H groups in total. The van der Waals surface area contributed by atoms with Crippen LogP contribution in [-0.4, -0.2) is 148 Å². The number of likely N-dealkylation sites (N-methyl/N-ethyl adjacent to an activating group) is 1. The van der Waals surface area contributed by atoms with Crippen LogP contribution in [0.2, 0.25) is 0 Å². The van der Waals surface area contributed by atoms with E-state index in [1.165, 1.54) is 5.56 Å². The third kappa shape index (κ3) is 7.61. The number of urea groups is 1. The predicted octanol–water partition coefficient (Wildman–Crippen LogP) is 2.47. The number of imide groups is 2. The lowest BCUT2D eigenvalue weighted by molar-refractivity contribution is -0.136. The van der Waals surface area contributed by atoms with E-state index in [0.29, 0.717) is 49.3 Å². The number of nitrogens with zero attached hydrogens (tertiary/aromatic N) is 9. The number of anilines is 4. The van der Waals surface area contributed by atoms with Gasteiger partial charge in [0.05, 0.1) is 17.2 Å². The number of likely N-dealkylation sites (tertiary alicyclic amines) is 1. The lowest BCUT2D eigenvalue weighted by atomic mass is 9.74. The third-order valence-electron chi connectivity index (χ3n) is 13.8. The molecule has 61 heavy (non-hydrogen) atoms. The molecule has 0 saturated carbocycles. The second kappa shape index (κ2) is 16.0. The van der Waals surface area contributed by atoms with Crippen LogP contribution in [0, 0.1) is 0 Å². The summed E-state index contributed by atoms with van der Waals surface area (Å²) in [6.07, 6.45) is 5.96. The number of nitrogens with two attached hydrogens (primary N) is 1. The zero-order chi connectivity index (χ0) is 42.6. The highest BCUT2D eigenvalue weighted by atomic mass is 16.2.